The van der Waals surface area contributed by atoms with Gasteiger partial charge in [0.05, 0.1) is 19.0 Å². The molecule has 0 amide bonds. The molecule has 0 aliphatic carbocycles. The lowest BCUT2D eigenvalue weighted by atomic mass is 9.81. The number of aryl methyl sites for hydroxylation is 1. The lowest BCUT2D eigenvalue weighted by Crippen LogP contribution is -2.43. The van der Waals surface area contributed by atoms with Crippen LogP contribution < -0.4 is 4.72 Å². The van der Waals surface area contributed by atoms with Crippen molar-refractivity contribution in [1.29, 1.82) is 0 Å². The summed E-state index contributed by atoms with van der Waals surface area (Å²) in [7, 11) is -3.15. The molecule has 0 saturated carbocycles. The fourth-order valence-electron chi connectivity index (χ4n) is 3.44. The third-order valence-corrected chi connectivity index (χ3v) is 7.55. The van der Waals surface area contributed by atoms with Gasteiger partial charge in [-0.25, -0.2) is 17.9 Å². The number of nitrogens with zero attached hydrogens (tertiary/aromatic N) is 1. The van der Waals surface area contributed by atoms with Crippen LogP contribution in [0, 0.1) is 18.3 Å². The molecule has 1 aromatic rings. The number of ether oxygens (including phenoxy) is 1. The van der Waals surface area contributed by atoms with Gasteiger partial charge in [-0.3, -0.25) is 4.90 Å². The van der Waals surface area contributed by atoms with Crippen LogP contribution >= 0.6 is 11.3 Å². The number of carboxylic acid groups (broad SMARTS) is 1. The first kappa shape index (κ1) is 24.1. The smallest absolute Gasteiger partial charge is 0.475 e. The molecule has 3 heterocycles. The van der Waals surface area contributed by atoms with E-state index in [2.05, 4.69) is 28.0 Å². The quantitative estimate of drug-likeness (QED) is 0.678. The number of rotatable bonds is 6. The molecule has 2 fully saturated rings. The summed E-state index contributed by atoms with van der Waals surface area (Å²) in [5.41, 5.74) is 1.28. The van der Waals surface area contributed by atoms with Gasteiger partial charge in [0.1, 0.15) is 0 Å². The van der Waals surface area contributed by atoms with Crippen LogP contribution in [-0.4, -0.2) is 69.2 Å². The Bertz CT molecular complexity index is 812. The average Bonchev–Trinajstić information content (AvgIpc) is 3.28. The Morgan fingerprint density at radius 3 is 2.66 bits per heavy atom. The van der Waals surface area contributed by atoms with Crippen molar-refractivity contribution in [3.05, 3.63) is 21.9 Å². The summed E-state index contributed by atoms with van der Waals surface area (Å²) in [5.74, 6) is -2.20. The maximum Gasteiger partial charge on any atom is 0.490 e. The third kappa shape index (κ3) is 6.38. The number of carboxylic acids is 1. The lowest BCUT2D eigenvalue weighted by molar-refractivity contribution is -0.192. The molecule has 0 spiro atoms. The molecule has 2 aliphatic rings. The van der Waals surface area contributed by atoms with E-state index in [-0.39, 0.29) is 11.2 Å². The Morgan fingerprint density at radius 2 is 2.14 bits per heavy atom. The second-order valence-electron chi connectivity index (χ2n) is 7.30. The average molecular weight is 459 g/mol. The van der Waals surface area contributed by atoms with E-state index >= 15 is 0 Å². The molecule has 0 aromatic carbocycles. The zero-order valence-electron chi connectivity index (χ0n) is 16.2. The number of likely N-dealkylation sites (tertiary alicyclic amines) is 1. The predicted octanol–water partition coefficient (Wildman–Crippen LogP) is 2.08. The minimum absolute atomic E-state index is 0.0621. The van der Waals surface area contributed by atoms with Crippen LogP contribution in [0.2, 0.25) is 0 Å². The summed E-state index contributed by atoms with van der Waals surface area (Å²) in [6.45, 7) is 8.57. The number of halogens is 3. The monoisotopic (exact) mass is 458 g/mol. The van der Waals surface area contributed by atoms with Crippen molar-refractivity contribution in [2.24, 2.45) is 11.3 Å². The number of nitrogens with one attached hydrogen (secondary N) is 1. The molecule has 12 heteroatoms. The van der Waals surface area contributed by atoms with Crippen LogP contribution in [0.5, 0.6) is 0 Å². The second-order valence-corrected chi connectivity index (χ2v) is 10.4. The van der Waals surface area contributed by atoms with Gasteiger partial charge < -0.3 is 9.84 Å². The Kier molecular flexibility index (Phi) is 7.71. The van der Waals surface area contributed by atoms with Gasteiger partial charge >= 0.3 is 12.1 Å². The number of thiophene rings is 1. The van der Waals surface area contributed by atoms with Crippen LogP contribution in [0.15, 0.2) is 11.4 Å². The Morgan fingerprint density at radius 1 is 1.48 bits per heavy atom. The van der Waals surface area contributed by atoms with Gasteiger partial charge in [-0.2, -0.15) is 13.2 Å². The van der Waals surface area contributed by atoms with Gasteiger partial charge in [0, 0.05) is 42.4 Å². The molecule has 0 bridgehead atoms. The van der Waals surface area contributed by atoms with E-state index in [9.17, 15) is 21.6 Å². The molecule has 2 N–H and O–H groups in total. The van der Waals surface area contributed by atoms with E-state index in [1.807, 2.05) is 0 Å². The van der Waals surface area contributed by atoms with Crippen LogP contribution in [-0.2, 0) is 26.1 Å². The highest BCUT2D eigenvalue weighted by molar-refractivity contribution is 7.89. The number of aliphatic carboxylic acids is 1. The zero-order chi connectivity index (χ0) is 21.9. The summed E-state index contributed by atoms with van der Waals surface area (Å²) in [4.78, 5) is 12.8. The van der Waals surface area contributed by atoms with Crippen molar-refractivity contribution in [3.63, 3.8) is 0 Å². The fourth-order valence-corrected chi connectivity index (χ4v) is 5.10. The van der Waals surface area contributed by atoms with E-state index in [0.29, 0.717) is 19.1 Å². The molecule has 29 heavy (non-hydrogen) atoms. The number of hydrogen-bond donors (Lipinski definition) is 2. The number of alkyl halides is 3. The van der Waals surface area contributed by atoms with Gasteiger partial charge in [0.2, 0.25) is 10.0 Å². The third-order valence-electron chi connectivity index (χ3n) is 5.19. The normalized spacial score (nSPS) is 24.8. The predicted molar refractivity (Wildman–Crippen MR) is 102 cm³/mol. The molecule has 0 radical (unpaired) electrons. The van der Waals surface area contributed by atoms with Crippen molar-refractivity contribution in [2.45, 2.75) is 26.6 Å². The Hall–Kier alpha value is -1.21. The fraction of sp³-hybridized carbons (Fsp3) is 0.706. The van der Waals surface area contributed by atoms with Gasteiger partial charge in [-0.15, -0.1) is 11.3 Å². The minimum Gasteiger partial charge on any atom is -0.475 e. The summed E-state index contributed by atoms with van der Waals surface area (Å²) in [5, 5.41) is 9.26. The molecular formula is C17H25F3N2O5S2. The summed E-state index contributed by atoms with van der Waals surface area (Å²) in [6.07, 6.45) is -5.08. The van der Waals surface area contributed by atoms with E-state index in [0.717, 1.165) is 26.2 Å². The molecule has 2 aliphatic heterocycles. The standard InChI is InChI=1S/C15H24N2O3S2.C2HF3O2/c1-3-22(18,19)16-9-15-10-17(6-13(15)8-20-11-15)7-14-12(2)4-5-21-14;3-2(4,5)1(6)7/h4-5,13,16H,3,6-11H2,1-2H3;(H,6,7)/t13-,15+;/m1./s1. The molecular weight excluding hydrogens is 433 g/mol. The molecule has 0 unspecified atom stereocenters. The van der Waals surface area contributed by atoms with Gasteiger partial charge in [0.15, 0.2) is 0 Å². The maximum atomic E-state index is 11.8. The summed E-state index contributed by atoms with van der Waals surface area (Å²) in [6, 6.07) is 2.16. The van der Waals surface area contributed by atoms with Crippen LogP contribution in [0.1, 0.15) is 17.4 Å². The van der Waals surface area contributed by atoms with Crippen molar-refractivity contribution in [3.8, 4) is 0 Å². The van der Waals surface area contributed by atoms with E-state index in [4.69, 9.17) is 14.6 Å². The van der Waals surface area contributed by atoms with Gasteiger partial charge in [-0.1, -0.05) is 0 Å². The van der Waals surface area contributed by atoms with Gasteiger partial charge in [-0.05, 0) is 30.9 Å². The summed E-state index contributed by atoms with van der Waals surface area (Å²) < 4.78 is 63.7. The number of sulfonamides is 1. The minimum atomic E-state index is -5.08. The second kappa shape index (κ2) is 9.29. The molecule has 1 aromatic heterocycles. The molecule has 2 atom stereocenters. The van der Waals surface area contributed by atoms with Gasteiger partial charge in [0.25, 0.3) is 0 Å². The van der Waals surface area contributed by atoms with Crippen LogP contribution in [0.25, 0.3) is 0 Å². The molecule has 166 valence electrons. The summed E-state index contributed by atoms with van der Waals surface area (Å²) >= 11 is 1.80. The van der Waals surface area contributed by atoms with Crippen molar-refractivity contribution < 1.29 is 36.2 Å². The first-order valence-corrected chi connectivity index (χ1v) is 11.5. The molecule has 3 rings (SSSR count). The highest BCUT2D eigenvalue weighted by atomic mass is 32.2. The largest absolute Gasteiger partial charge is 0.490 e. The maximum absolute atomic E-state index is 11.8. The van der Waals surface area contributed by atoms with Crippen LogP contribution in [0.3, 0.4) is 0 Å². The Balaban J connectivity index is 0.000000370. The number of carbonyl (C=O) groups is 1. The lowest BCUT2D eigenvalue weighted by Gasteiger charge is -2.27. The highest BCUT2D eigenvalue weighted by Crippen LogP contribution is 2.41. The van der Waals surface area contributed by atoms with E-state index in [1.165, 1.54) is 10.4 Å². The number of fused-ring (bicyclic) bond motifs is 1. The van der Waals surface area contributed by atoms with Crippen molar-refractivity contribution in [1.82, 2.24) is 9.62 Å². The highest BCUT2D eigenvalue weighted by Gasteiger charge is 2.50. The zero-order valence-corrected chi connectivity index (χ0v) is 17.8. The topological polar surface area (TPSA) is 95.9 Å². The Labute approximate surface area is 171 Å². The van der Waals surface area contributed by atoms with Crippen LogP contribution in [0.4, 0.5) is 13.2 Å². The first-order chi connectivity index (χ1) is 13.4. The van der Waals surface area contributed by atoms with Crippen molar-refractivity contribution >= 4 is 27.3 Å². The molecule has 7 nitrogen and oxygen atoms in total. The SMILES string of the molecule is CCS(=O)(=O)NC[C@]12COC[C@H]1CN(Cc1sccc1C)C2.O=C(O)C(F)(F)F. The first-order valence-electron chi connectivity index (χ1n) is 8.99. The molecule has 2 saturated heterocycles. The van der Waals surface area contributed by atoms with E-state index in [1.54, 1.807) is 18.3 Å². The van der Waals surface area contributed by atoms with Crippen molar-refractivity contribution in [2.75, 3.05) is 38.6 Å². The van der Waals surface area contributed by atoms with E-state index < -0.39 is 22.2 Å². The number of hydrogen-bond acceptors (Lipinski definition) is 6.